The second kappa shape index (κ2) is 6.72. The zero-order valence-corrected chi connectivity index (χ0v) is 13.5. The van der Waals surface area contributed by atoms with Crippen molar-refractivity contribution in [2.45, 2.75) is 57.8 Å². The Morgan fingerprint density at radius 3 is 2.59 bits per heavy atom. The molecule has 1 aromatic rings. The number of carbonyl (C=O) groups is 1. The Balaban J connectivity index is 1.56. The van der Waals surface area contributed by atoms with Crippen molar-refractivity contribution in [1.29, 1.82) is 0 Å². The van der Waals surface area contributed by atoms with E-state index in [4.69, 9.17) is 5.73 Å². The van der Waals surface area contributed by atoms with Crippen LogP contribution in [0.25, 0.3) is 0 Å². The third kappa shape index (κ3) is 3.45. The van der Waals surface area contributed by atoms with Crippen LogP contribution in [0.4, 0.5) is 5.69 Å². The van der Waals surface area contributed by atoms with Gasteiger partial charge >= 0.3 is 0 Å². The number of rotatable bonds is 3. The van der Waals surface area contributed by atoms with Crippen LogP contribution in [0.5, 0.6) is 0 Å². The maximum atomic E-state index is 12.6. The van der Waals surface area contributed by atoms with Crippen molar-refractivity contribution in [3.63, 3.8) is 0 Å². The van der Waals surface area contributed by atoms with Gasteiger partial charge in [0, 0.05) is 25.2 Å². The van der Waals surface area contributed by atoms with Gasteiger partial charge in [0.25, 0.3) is 0 Å². The monoisotopic (exact) mass is 300 g/mol. The van der Waals surface area contributed by atoms with Crippen LogP contribution in [0.15, 0.2) is 24.3 Å². The molecule has 0 aromatic heterocycles. The number of likely N-dealkylation sites (tertiary alicyclic amines) is 1. The maximum absolute atomic E-state index is 12.6. The number of aryl methyl sites for hydroxylation is 1. The lowest BCUT2D eigenvalue weighted by Gasteiger charge is -2.45. The average molecular weight is 300 g/mol. The van der Waals surface area contributed by atoms with Gasteiger partial charge in [-0.15, -0.1) is 0 Å². The third-order valence-electron chi connectivity index (χ3n) is 5.59. The second-order valence-corrected chi connectivity index (χ2v) is 7.18. The average Bonchev–Trinajstić information content (AvgIpc) is 2.54. The van der Waals surface area contributed by atoms with Gasteiger partial charge in [0.05, 0.1) is 0 Å². The first kappa shape index (κ1) is 15.4. The number of benzene rings is 1. The molecule has 0 atom stereocenters. The molecule has 22 heavy (non-hydrogen) atoms. The Kier molecular flexibility index (Phi) is 4.70. The Bertz CT molecular complexity index is 514. The lowest BCUT2D eigenvalue weighted by molar-refractivity contribution is -0.135. The molecule has 0 bridgehead atoms. The molecule has 0 radical (unpaired) electrons. The van der Waals surface area contributed by atoms with E-state index in [1.54, 1.807) is 0 Å². The van der Waals surface area contributed by atoms with Gasteiger partial charge in [0.1, 0.15) is 0 Å². The zero-order valence-electron chi connectivity index (χ0n) is 13.5. The molecule has 3 heteroatoms. The molecular weight excluding hydrogens is 272 g/mol. The highest BCUT2D eigenvalue weighted by atomic mass is 16.2. The Hall–Kier alpha value is -1.51. The van der Waals surface area contributed by atoms with Crippen molar-refractivity contribution in [2.24, 2.45) is 5.41 Å². The molecule has 3 rings (SSSR count). The fraction of sp³-hybridized carbons (Fsp3) is 0.632. The molecule has 1 spiro atoms. The molecule has 1 aromatic carbocycles. The van der Waals surface area contributed by atoms with E-state index in [0.717, 1.165) is 30.8 Å². The molecule has 1 amide bonds. The van der Waals surface area contributed by atoms with Crippen LogP contribution in [0.2, 0.25) is 0 Å². The minimum absolute atomic E-state index is 0.313. The summed E-state index contributed by atoms with van der Waals surface area (Å²) in [5, 5.41) is 0. The molecule has 2 N–H and O–H groups in total. The molecule has 0 unspecified atom stereocenters. The second-order valence-electron chi connectivity index (χ2n) is 7.18. The van der Waals surface area contributed by atoms with Crippen molar-refractivity contribution in [3.8, 4) is 0 Å². The van der Waals surface area contributed by atoms with Gasteiger partial charge in [-0.05, 0) is 49.1 Å². The van der Waals surface area contributed by atoms with Gasteiger partial charge in [-0.3, -0.25) is 4.79 Å². The van der Waals surface area contributed by atoms with Crippen LogP contribution < -0.4 is 5.73 Å². The standard InChI is InChI=1S/C19H28N2O/c20-17-8-3-2-7-16(17)9-10-18(22)21-14-6-13-19(15-21)11-4-1-5-12-19/h2-3,7-8H,1,4-6,9-15,20H2. The zero-order chi connectivity index (χ0) is 15.4. The molecule has 1 heterocycles. The first-order valence-electron chi connectivity index (χ1n) is 8.80. The highest BCUT2D eigenvalue weighted by Crippen LogP contribution is 2.43. The molecule has 1 aliphatic heterocycles. The summed E-state index contributed by atoms with van der Waals surface area (Å²) in [5.41, 5.74) is 8.32. The van der Waals surface area contributed by atoms with Crippen molar-refractivity contribution >= 4 is 11.6 Å². The van der Waals surface area contributed by atoms with Crippen molar-refractivity contribution < 1.29 is 4.79 Å². The smallest absolute Gasteiger partial charge is 0.222 e. The van der Waals surface area contributed by atoms with E-state index in [-0.39, 0.29) is 0 Å². The van der Waals surface area contributed by atoms with Gasteiger partial charge in [0.15, 0.2) is 0 Å². The molecule has 1 saturated carbocycles. The van der Waals surface area contributed by atoms with Crippen LogP contribution in [0.1, 0.15) is 56.9 Å². The van der Waals surface area contributed by atoms with E-state index in [9.17, 15) is 4.79 Å². The van der Waals surface area contributed by atoms with Crippen molar-refractivity contribution in [1.82, 2.24) is 4.90 Å². The minimum Gasteiger partial charge on any atom is -0.399 e. The quantitative estimate of drug-likeness (QED) is 0.864. The van der Waals surface area contributed by atoms with Crippen molar-refractivity contribution in [2.75, 3.05) is 18.8 Å². The number of nitrogen functional groups attached to an aromatic ring is 1. The molecule has 1 saturated heterocycles. The van der Waals surface area contributed by atoms with Crippen LogP contribution in [-0.2, 0) is 11.2 Å². The van der Waals surface area contributed by atoms with Crippen LogP contribution in [0.3, 0.4) is 0 Å². The van der Waals surface area contributed by atoms with Gasteiger partial charge < -0.3 is 10.6 Å². The van der Waals surface area contributed by atoms with Crippen LogP contribution >= 0.6 is 0 Å². The number of hydrogen-bond donors (Lipinski definition) is 1. The Morgan fingerprint density at radius 2 is 1.82 bits per heavy atom. The molecule has 1 aliphatic carbocycles. The fourth-order valence-corrected chi connectivity index (χ4v) is 4.29. The molecule has 2 aliphatic rings. The summed E-state index contributed by atoms with van der Waals surface area (Å²) in [6, 6.07) is 7.88. The molecular formula is C19H28N2O. The minimum atomic E-state index is 0.313. The maximum Gasteiger partial charge on any atom is 0.222 e. The number of amides is 1. The summed E-state index contributed by atoms with van der Waals surface area (Å²) in [6.07, 6.45) is 10.6. The summed E-state index contributed by atoms with van der Waals surface area (Å²) < 4.78 is 0. The van der Waals surface area contributed by atoms with E-state index in [1.807, 2.05) is 24.3 Å². The number of anilines is 1. The summed E-state index contributed by atoms with van der Waals surface area (Å²) in [6.45, 7) is 1.95. The van der Waals surface area contributed by atoms with E-state index in [0.29, 0.717) is 17.7 Å². The normalized spacial score (nSPS) is 21.0. The molecule has 3 nitrogen and oxygen atoms in total. The Morgan fingerprint density at radius 1 is 1.09 bits per heavy atom. The predicted octanol–water partition coefficient (Wildman–Crippen LogP) is 3.77. The first-order chi connectivity index (χ1) is 10.7. The summed E-state index contributed by atoms with van der Waals surface area (Å²) in [7, 11) is 0. The Labute approximate surface area is 133 Å². The fourth-order valence-electron chi connectivity index (χ4n) is 4.29. The van der Waals surface area contributed by atoms with Gasteiger partial charge in [-0.1, -0.05) is 37.5 Å². The lowest BCUT2D eigenvalue weighted by Crippen LogP contribution is -2.47. The number of hydrogen-bond acceptors (Lipinski definition) is 2. The van der Waals surface area contributed by atoms with E-state index >= 15 is 0 Å². The summed E-state index contributed by atoms with van der Waals surface area (Å²) in [5.74, 6) is 0.313. The third-order valence-corrected chi connectivity index (χ3v) is 5.59. The highest BCUT2D eigenvalue weighted by molar-refractivity contribution is 5.77. The summed E-state index contributed by atoms with van der Waals surface area (Å²) in [4.78, 5) is 14.7. The topological polar surface area (TPSA) is 46.3 Å². The number of nitrogens with two attached hydrogens (primary N) is 1. The highest BCUT2D eigenvalue weighted by Gasteiger charge is 2.37. The molecule has 120 valence electrons. The van der Waals surface area contributed by atoms with E-state index in [2.05, 4.69) is 4.90 Å². The molecule has 2 fully saturated rings. The SMILES string of the molecule is Nc1ccccc1CCC(=O)N1CCCC2(CCCCC2)C1. The first-order valence-corrected chi connectivity index (χ1v) is 8.80. The largest absolute Gasteiger partial charge is 0.399 e. The number of para-hydroxylation sites is 1. The van der Waals surface area contributed by atoms with Crippen LogP contribution in [0, 0.1) is 5.41 Å². The van der Waals surface area contributed by atoms with E-state index in [1.165, 1.54) is 44.9 Å². The number of carbonyl (C=O) groups excluding carboxylic acids is 1. The lowest BCUT2D eigenvalue weighted by atomic mass is 9.69. The van der Waals surface area contributed by atoms with E-state index < -0.39 is 0 Å². The number of nitrogens with zero attached hydrogens (tertiary/aromatic N) is 1. The van der Waals surface area contributed by atoms with Gasteiger partial charge in [-0.2, -0.15) is 0 Å². The number of piperidine rings is 1. The van der Waals surface area contributed by atoms with Crippen LogP contribution in [-0.4, -0.2) is 23.9 Å². The van der Waals surface area contributed by atoms with Crippen molar-refractivity contribution in [3.05, 3.63) is 29.8 Å². The van der Waals surface area contributed by atoms with Gasteiger partial charge in [-0.25, -0.2) is 0 Å². The summed E-state index contributed by atoms with van der Waals surface area (Å²) >= 11 is 0. The predicted molar refractivity (Wildman–Crippen MR) is 90.5 cm³/mol. The van der Waals surface area contributed by atoms with Gasteiger partial charge in [0.2, 0.25) is 5.91 Å².